The fourth-order valence-corrected chi connectivity index (χ4v) is 4.13. The minimum Gasteiger partial charge on any atom is -0.481 e. The van der Waals surface area contributed by atoms with Gasteiger partial charge in [-0.15, -0.1) is 0 Å². The number of carboxylic acid groups (broad SMARTS) is 1. The van der Waals surface area contributed by atoms with Crippen LogP contribution in [0.1, 0.15) is 19.4 Å². The standard InChI is InChI=1S/C12H15BrO4S/c1-8-4-5-9(13)6-10(8)18(16,17)7-12(2,3)11(14)15/h4-6H,7H2,1-3H3,(H,14,15). The summed E-state index contributed by atoms with van der Waals surface area (Å²) in [6, 6.07) is 4.93. The minimum atomic E-state index is -3.63. The first-order valence-corrected chi connectivity index (χ1v) is 7.73. The number of benzene rings is 1. The maximum Gasteiger partial charge on any atom is 0.310 e. The molecule has 0 saturated heterocycles. The van der Waals surface area contributed by atoms with E-state index in [9.17, 15) is 13.2 Å². The lowest BCUT2D eigenvalue weighted by atomic mass is 9.97. The molecule has 18 heavy (non-hydrogen) atoms. The van der Waals surface area contributed by atoms with Crippen LogP contribution in [0.15, 0.2) is 27.6 Å². The molecule has 0 fully saturated rings. The van der Waals surface area contributed by atoms with Crippen LogP contribution in [0.4, 0.5) is 0 Å². The van der Waals surface area contributed by atoms with E-state index >= 15 is 0 Å². The molecule has 100 valence electrons. The van der Waals surface area contributed by atoms with E-state index in [2.05, 4.69) is 15.9 Å². The summed E-state index contributed by atoms with van der Waals surface area (Å²) in [5, 5.41) is 9.00. The Hall–Kier alpha value is -0.880. The van der Waals surface area contributed by atoms with Gasteiger partial charge in [0.1, 0.15) is 0 Å². The predicted molar refractivity (Wildman–Crippen MR) is 72.3 cm³/mol. The zero-order valence-corrected chi connectivity index (χ0v) is 12.8. The van der Waals surface area contributed by atoms with Gasteiger partial charge in [0, 0.05) is 4.47 Å². The summed E-state index contributed by atoms with van der Waals surface area (Å²) in [6.07, 6.45) is 0. The third-order valence-corrected chi connectivity index (χ3v) is 5.32. The largest absolute Gasteiger partial charge is 0.481 e. The molecule has 4 nitrogen and oxygen atoms in total. The molecule has 0 heterocycles. The van der Waals surface area contributed by atoms with Crippen LogP contribution < -0.4 is 0 Å². The van der Waals surface area contributed by atoms with Crippen molar-refractivity contribution in [2.75, 3.05) is 5.75 Å². The Kier molecular flexibility index (Phi) is 4.23. The first kappa shape index (κ1) is 15.2. The molecule has 1 rings (SSSR count). The molecular weight excluding hydrogens is 320 g/mol. The number of sulfone groups is 1. The molecule has 0 aliphatic carbocycles. The highest BCUT2D eigenvalue weighted by molar-refractivity contribution is 9.10. The number of aliphatic carboxylic acids is 1. The number of carbonyl (C=O) groups is 1. The normalized spacial score (nSPS) is 12.4. The van der Waals surface area contributed by atoms with E-state index in [1.807, 2.05) is 0 Å². The molecule has 1 aromatic rings. The van der Waals surface area contributed by atoms with E-state index in [1.54, 1.807) is 19.1 Å². The molecule has 1 N–H and O–H groups in total. The number of carboxylic acids is 1. The van der Waals surface area contributed by atoms with Gasteiger partial charge in [-0.2, -0.15) is 0 Å². The van der Waals surface area contributed by atoms with Crippen molar-refractivity contribution in [2.45, 2.75) is 25.7 Å². The van der Waals surface area contributed by atoms with Gasteiger partial charge in [-0.3, -0.25) is 4.79 Å². The quantitative estimate of drug-likeness (QED) is 0.918. The fraction of sp³-hybridized carbons (Fsp3) is 0.417. The van der Waals surface area contributed by atoms with Crippen LogP contribution >= 0.6 is 15.9 Å². The molecule has 0 aliphatic heterocycles. The molecule has 0 saturated carbocycles. The van der Waals surface area contributed by atoms with E-state index in [0.29, 0.717) is 10.0 Å². The first-order valence-electron chi connectivity index (χ1n) is 5.28. The Morgan fingerprint density at radius 2 is 1.94 bits per heavy atom. The summed E-state index contributed by atoms with van der Waals surface area (Å²) in [7, 11) is -3.63. The maximum atomic E-state index is 12.2. The maximum absolute atomic E-state index is 12.2. The van der Waals surface area contributed by atoms with Crippen molar-refractivity contribution < 1.29 is 18.3 Å². The number of aryl methyl sites for hydroxylation is 1. The molecule has 0 spiro atoms. The van der Waals surface area contributed by atoms with Gasteiger partial charge in [-0.25, -0.2) is 8.42 Å². The van der Waals surface area contributed by atoms with Crippen LogP contribution in [0, 0.1) is 12.3 Å². The second-order valence-electron chi connectivity index (χ2n) is 4.86. The Bertz CT molecular complexity index is 576. The molecule has 0 unspecified atom stereocenters. The van der Waals surface area contributed by atoms with Crippen molar-refractivity contribution >= 4 is 31.7 Å². The van der Waals surface area contributed by atoms with Gasteiger partial charge in [-0.05, 0) is 38.5 Å². The lowest BCUT2D eigenvalue weighted by Gasteiger charge is -2.19. The van der Waals surface area contributed by atoms with Gasteiger partial charge < -0.3 is 5.11 Å². The summed E-state index contributed by atoms with van der Waals surface area (Å²) in [4.78, 5) is 11.2. The van der Waals surface area contributed by atoms with Crippen molar-refractivity contribution in [1.29, 1.82) is 0 Å². The highest BCUT2D eigenvalue weighted by atomic mass is 79.9. The van der Waals surface area contributed by atoms with Gasteiger partial charge in [0.2, 0.25) is 0 Å². The summed E-state index contributed by atoms with van der Waals surface area (Å²) in [5.74, 6) is -1.55. The summed E-state index contributed by atoms with van der Waals surface area (Å²) < 4.78 is 25.1. The SMILES string of the molecule is Cc1ccc(Br)cc1S(=O)(=O)CC(C)(C)C(=O)O. The zero-order valence-electron chi connectivity index (χ0n) is 10.4. The van der Waals surface area contributed by atoms with Gasteiger partial charge in [0.05, 0.1) is 16.1 Å². The van der Waals surface area contributed by atoms with Crippen molar-refractivity contribution in [3.63, 3.8) is 0 Å². The fourth-order valence-electron chi connectivity index (χ4n) is 1.52. The first-order chi connectivity index (χ1) is 8.06. The molecule has 1 aromatic carbocycles. The van der Waals surface area contributed by atoms with Gasteiger partial charge in [0.15, 0.2) is 9.84 Å². The average molecular weight is 335 g/mol. The van der Waals surface area contributed by atoms with Gasteiger partial charge in [-0.1, -0.05) is 22.0 Å². The molecule has 0 aliphatic rings. The average Bonchev–Trinajstić information content (AvgIpc) is 2.19. The Morgan fingerprint density at radius 3 is 2.44 bits per heavy atom. The molecule has 0 atom stereocenters. The molecule has 0 bridgehead atoms. The molecular formula is C12H15BrO4S. The second kappa shape index (κ2) is 5.01. The van der Waals surface area contributed by atoms with E-state index in [0.717, 1.165) is 0 Å². The lowest BCUT2D eigenvalue weighted by molar-refractivity contribution is -0.145. The van der Waals surface area contributed by atoms with Gasteiger partial charge in [0.25, 0.3) is 0 Å². The van der Waals surface area contributed by atoms with Crippen LogP contribution in [0.25, 0.3) is 0 Å². The molecule has 6 heteroatoms. The molecule has 0 amide bonds. The lowest BCUT2D eigenvalue weighted by Crippen LogP contribution is -2.32. The summed E-state index contributed by atoms with van der Waals surface area (Å²) in [5.41, 5.74) is -0.701. The Balaban J connectivity index is 3.23. The van der Waals surface area contributed by atoms with E-state index in [1.165, 1.54) is 19.9 Å². The minimum absolute atomic E-state index is 0.172. The summed E-state index contributed by atoms with van der Waals surface area (Å²) in [6.45, 7) is 4.49. The predicted octanol–water partition coefficient (Wildman–Crippen LogP) is 2.64. The summed E-state index contributed by atoms with van der Waals surface area (Å²) >= 11 is 3.22. The number of hydrogen-bond donors (Lipinski definition) is 1. The molecule has 0 radical (unpaired) electrons. The van der Waals surface area contributed by atoms with Crippen molar-refractivity contribution in [1.82, 2.24) is 0 Å². The van der Waals surface area contributed by atoms with Crippen molar-refractivity contribution in [3.8, 4) is 0 Å². The number of halogens is 1. The number of hydrogen-bond acceptors (Lipinski definition) is 3. The second-order valence-corrected chi connectivity index (χ2v) is 7.73. The van der Waals surface area contributed by atoms with Crippen LogP contribution in [0.2, 0.25) is 0 Å². The smallest absolute Gasteiger partial charge is 0.310 e. The van der Waals surface area contributed by atoms with Crippen molar-refractivity contribution in [3.05, 3.63) is 28.2 Å². The topological polar surface area (TPSA) is 71.4 Å². The number of rotatable bonds is 4. The third kappa shape index (κ3) is 3.32. The van der Waals surface area contributed by atoms with E-state index in [4.69, 9.17) is 5.11 Å². The van der Waals surface area contributed by atoms with Gasteiger partial charge >= 0.3 is 5.97 Å². The van der Waals surface area contributed by atoms with E-state index in [-0.39, 0.29) is 4.90 Å². The van der Waals surface area contributed by atoms with Crippen LogP contribution in [-0.2, 0) is 14.6 Å². The van der Waals surface area contributed by atoms with Crippen molar-refractivity contribution in [2.24, 2.45) is 5.41 Å². The van der Waals surface area contributed by atoms with Crippen LogP contribution in [-0.4, -0.2) is 25.2 Å². The van der Waals surface area contributed by atoms with Crippen LogP contribution in [0.3, 0.4) is 0 Å². The highest BCUT2D eigenvalue weighted by Crippen LogP contribution is 2.27. The molecule has 0 aromatic heterocycles. The highest BCUT2D eigenvalue weighted by Gasteiger charge is 2.34. The zero-order chi connectivity index (χ0) is 14.1. The Morgan fingerprint density at radius 1 is 1.39 bits per heavy atom. The third-order valence-electron chi connectivity index (χ3n) is 2.62. The Labute approximate surface area is 115 Å². The van der Waals surface area contributed by atoms with E-state index < -0.39 is 27.0 Å². The van der Waals surface area contributed by atoms with Crippen LogP contribution in [0.5, 0.6) is 0 Å². The monoisotopic (exact) mass is 334 g/mol.